The van der Waals surface area contributed by atoms with E-state index < -0.39 is 0 Å². The van der Waals surface area contributed by atoms with Crippen LogP contribution in [0.2, 0.25) is 0 Å². The molecule has 1 N–H and O–H groups in total. The Kier molecular flexibility index (Phi) is 7.72. The average molecular weight is 466 g/mol. The second-order valence-electron chi connectivity index (χ2n) is 6.92. The summed E-state index contributed by atoms with van der Waals surface area (Å²) in [5, 5.41) is 15.5. The van der Waals surface area contributed by atoms with Gasteiger partial charge in [0.05, 0.1) is 12.4 Å². The highest BCUT2D eigenvalue weighted by molar-refractivity contribution is 7.99. The summed E-state index contributed by atoms with van der Waals surface area (Å²) in [5.41, 5.74) is 2.07. The highest BCUT2D eigenvalue weighted by atomic mass is 32.2. The molecule has 0 radical (unpaired) electrons. The summed E-state index contributed by atoms with van der Waals surface area (Å²) in [7, 11) is 1.63. The summed E-state index contributed by atoms with van der Waals surface area (Å²) in [6, 6.07) is 19.5. The first-order valence-electron chi connectivity index (χ1n) is 10.3. The van der Waals surface area contributed by atoms with Crippen molar-refractivity contribution >= 4 is 23.5 Å². The van der Waals surface area contributed by atoms with Gasteiger partial charge >= 0.3 is 0 Å². The first-order valence-corrected chi connectivity index (χ1v) is 11.2. The van der Waals surface area contributed by atoms with Gasteiger partial charge in [0.2, 0.25) is 5.91 Å². The highest BCUT2D eigenvalue weighted by Gasteiger charge is 2.16. The molecule has 2 aromatic carbocycles. The van der Waals surface area contributed by atoms with Crippen molar-refractivity contribution in [2.24, 2.45) is 0 Å². The van der Waals surface area contributed by atoms with Gasteiger partial charge in [-0.3, -0.25) is 4.79 Å². The van der Waals surface area contributed by atoms with Gasteiger partial charge in [-0.25, -0.2) is 0 Å². The summed E-state index contributed by atoms with van der Waals surface area (Å²) in [6.07, 6.45) is 1.40. The molecule has 0 unspecified atom stereocenters. The minimum Gasteiger partial charge on any atom is -0.485 e. The number of para-hydroxylation sites is 1. The molecule has 0 aliphatic rings. The number of ether oxygens (including phenoxy) is 2. The van der Waals surface area contributed by atoms with Crippen LogP contribution in [-0.2, 0) is 22.7 Å². The number of nitrogens with one attached hydrogen (secondary N) is 1. The summed E-state index contributed by atoms with van der Waals surface area (Å²) in [5.74, 6) is 1.70. The van der Waals surface area contributed by atoms with Crippen molar-refractivity contribution < 1.29 is 18.8 Å². The van der Waals surface area contributed by atoms with Gasteiger partial charge in [-0.05, 0) is 11.6 Å². The molecule has 2 aromatic heterocycles. The van der Waals surface area contributed by atoms with Gasteiger partial charge in [0.25, 0.3) is 0 Å². The van der Waals surface area contributed by atoms with Crippen LogP contribution in [0, 0.1) is 0 Å². The van der Waals surface area contributed by atoms with Crippen LogP contribution in [0.3, 0.4) is 0 Å². The van der Waals surface area contributed by atoms with E-state index >= 15 is 0 Å². The summed E-state index contributed by atoms with van der Waals surface area (Å²) >= 11 is 1.28. The fourth-order valence-corrected chi connectivity index (χ4v) is 3.90. The summed E-state index contributed by atoms with van der Waals surface area (Å²) in [6.45, 7) is 1.24. The molecule has 0 atom stereocenters. The van der Waals surface area contributed by atoms with E-state index in [1.54, 1.807) is 13.2 Å². The molecule has 1 amide bonds. The van der Waals surface area contributed by atoms with Crippen LogP contribution in [0.5, 0.6) is 5.75 Å². The molecule has 0 saturated carbocycles. The van der Waals surface area contributed by atoms with Gasteiger partial charge in [-0.2, -0.15) is 0 Å². The number of hydrogen-bond donors (Lipinski definition) is 1. The number of thioether (sulfide) groups is 1. The monoisotopic (exact) mass is 465 g/mol. The number of nitrogens with zero attached hydrogens (tertiary/aromatic N) is 4. The van der Waals surface area contributed by atoms with E-state index in [1.807, 2.05) is 59.2 Å². The molecule has 4 aromatic rings. The number of carbonyl (C=O) groups excluding carboxylic acids is 1. The van der Waals surface area contributed by atoms with Crippen molar-refractivity contribution in [1.82, 2.24) is 19.9 Å². The van der Waals surface area contributed by atoms with E-state index in [4.69, 9.17) is 14.0 Å². The van der Waals surface area contributed by atoms with Crippen molar-refractivity contribution in [2.75, 3.05) is 24.8 Å². The second-order valence-corrected chi connectivity index (χ2v) is 7.86. The molecule has 0 saturated heterocycles. The Morgan fingerprint density at radius 2 is 1.91 bits per heavy atom. The van der Waals surface area contributed by atoms with E-state index in [0.29, 0.717) is 30.0 Å². The van der Waals surface area contributed by atoms with Crippen molar-refractivity contribution in [2.45, 2.75) is 18.3 Å². The number of rotatable bonds is 11. The SMILES string of the molecule is COCCn1c(COc2ccccc2-c2ccccc2)nnc1SCC(=O)Nc1ccon1. The predicted octanol–water partition coefficient (Wildman–Crippen LogP) is 3.89. The van der Waals surface area contributed by atoms with Gasteiger partial charge in [0.1, 0.15) is 18.6 Å². The number of anilines is 1. The molecule has 9 nitrogen and oxygen atoms in total. The topological polar surface area (TPSA) is 104 Å². The number of amides is 1. The first-order chi connectivity index (χ1) is 16.2. The zero-order valence-electron chi connectivity index (χ0n) is 18.0. The lowest BCUT2D eigenvalue weighted by molar-refractivity contribution is -0.113. The number of carbonyl (C=O) groups is 1. The Labute approximate surface area is 195 Å². The van der Waals surface area contributed by atoms with Crippen molar-refractivity contribution in [3.05, 3.63) is 72.8 Å². The van der Waals surface area contributed by atoms with Crippen LogP contribution >= 0.6 is 11.8 Å². The highest BCUT2D eigenvalue weighted by Crippen LogP contribution is 2.30. The maximum absolute atomic E-state index is 12.2. The fourth-order valence-electron chi connectivity index (χ4n) is 3.12. The van der Waals surface area contributed by atoms with E-state index in [0.717, 1.165) is 16.9 Å². The minimum absolute atomic E-state index is 0.148. The Balaban J connectivity index is 1.45. The Morgan fingerprint density at radius 1 is 1.09 bits per heavy atom. The van der Waals surface area contributed by atoms with E-state index in [2.05, 4.69) is 20.7 Å². The largest absolute Gasteiger partial charge is 0.485 e. The van der Waals surface area contributed by atoms with Crippen LogP contribution in [0.1, 0.15) is 5.82 Å². The molecule has 0 bridgehead atoms. The second kappa shape index (κ2) is 11.3. The van der Waals surface area contributed by atoms with Gasteiger partial charge in [0.15, 0.2) is 16.8 Å². The Morgan fingerprint density at radius 3 is 2.70 bits per heavy atom. The summed E-state index contributed by atoms with van der Waals surface area (Å²) < 4.78 is 18.0. The lowest BCUT2D eigenvalue weighted by Crippen LogP contribution is -2.16. The van der Waals surface area contributed by atoms with Crippen molar-refractivity contribution in [3.8, 4) is 16.9 Å². The smallest absolute Gasteiger partial charge is 0.236 e. The maximum atomic E-state index is 12.2. The van der Waals surface area contributed by atoms with Gasteiger partial charge < -0.3 is 23.9 Å². The third-order valence-corrected chi connectivity index (χ3v) is 5.65. The van der Waals surface area contributed by atoms with Crippen LogP contribution in [0.25, 0.3) is 11.1 Å². The van der Waals surface area contributed by atoms with E-state index in [1.165, 1.54) is 18.0 Å². The molecule has 0 spiro atoms. The number of methoxy groups -OCH3 is 1. The number of aromatic nitrogens is 4. The van der Waals surface area contributed by atoms with E-state index in [-0.39, 0.29) is 18.3 Å². The molecule has 33 heavy (non-hydrogen) atoms. The van der Waals surface area contributed by atoms with Gasteiger partial charge in [-0.1, -0.05) is 65.4 Å². The quantitative estimate of drug-likeness (QED) is 0.333. The average Bonchev–Trinajstić information content (AvgIpc) is 3.50. The standard InChI is InChI=1S/C23H23N5O4S/c1-30-14-12-28-21(25-26-23(28)33-16-22(29)24-20-11-13-32-27-20)15-31-19-10-6-5-9-18(19)17-7-3-2-4-8-17/h2-11,13H,12,14-16H2,1H3,(H,24,27,29). The van der Waals surface area contributed by atoms with Crippen LogP contribution in [-0.4, -0.2) is 45.3 Å². The molecule has 10 heteroatoms. The first kappa shape index (κ1) is 22.6. The molecule has 0 fully saturated rings. The van der Waals surface area contributed by atoms with Crippen molar-refractivity contribution in [1.29, 1.82) is 0 Å². The van der Waals surface area contributed by atoms with Crippen LogP contribution < -0.4 is 10.1 Å². The Bertz CT molecular complexity index is 1160. The van der Waals surface area contributed by atoms with Crippen molar-refractivity contribution in [3.63, 3.8) is 0 Å². The van der Waals surface area contributed by atoms with Crippen LogP contribution in [0.4, 0.5) is 5.82 Å². The summed E-state index contributed by atoms with van der Waals surface area (Å²) in [4.78, 5) is 12.2. The van der Waals surface area contributed by atoms with Gasteiger partial charge in [-0.15, -0.1) is 10.2 Å². The molecular weight excluding hydrogens is 442 g/mol. The lowest BCUT2D eigenvalue weighted by atomic mass is 10.1. The van der Waals surface area contributed by atoms with E-state index in [9.17, 15) is 4.79 Å². The maximum Gasteiger partial charge on any atom is 0.236 e. The Hall–Kier alpha value is -3.63. The normalized spacial score (nSPS) is 10.8. The molecule has 0 aliphatic carbocycles. The minimum atomic E-state index is -0.218. The fraction of sp³-hybridized carbons (Fsp3) is 0.217. The molecular formula is C23H23N5O4S. The molecule has 0 aliphatic heterocycles. The third kappa shape index (κ3) is 5.99. The molecule has 2 heterocycles. The zero-order chi connectivity index (χ0) is 22.9. The molecule has 4 rings (SSSR count). The zero-order valence-corrected chi connectivity index (χ0v) is 18.8. The molecule has 170 valence electrons. The third-order valence-electron chi connectivity index (χ3n) is 4.68. The number of hydrogen-bond acceptors (Lipinski definition) is 8. The lowest BCUT2D eigenvalue weighted by Gasteiger charge is -2.13. The number of benzene rings is 2. The predicted molar refractivity (Wildman–Crippen MR) is 124 cm³/mol. The van der Waals surface area contributed by atoms with Crippen LogP contribution in [0.15, 0.2) is 76.6 Å². The van der Waals surface area contributed by atoms with Gasteiger partial charge in [0, 0.05) is 25.3 Å².